The first-order valence-electron chi connectivity index (χ1n) is 9.52. The molecule has 0 spiro atoms. The first-order chi connectivity index (χ1) is 13.2. The van der Waals surface area contributed by atoms with Crippen LogP contribution in [0.2, 0.25) is 0 Å². The van der Waals surface area contributed by atoms with E-state index >= 15 is 0 Å². The molecule has 1 aliphatic carbocycles. The molecule has 5 rings (SSSR count). The maximum absolute atomic E-state index is 12.7. The summed E-state index contributed by atoms with van der Waals surface area (Å²) in [5, 5.41) is 7.03. The lowest BCUT2D eigenvalue weighted by molar-refractivity contribution is 0.173. The van der Waals surface area contributed by atoms with E-state index in [2.05, 4.69) is 15.5 Å². The van der Waals surface area contributed by atoms with Gasteiger partial charge in [0.25, 0.3) is 0 Å². The Bertz CT molecular complexity index is 848. The van der Waals surface area contributed by atoms with Gasteiger partial charge < -0.3 is 24.2 Å². The number of urea groups is 1. The lowest BCUT2D eigenvalue weighted by Gasteiger charge is -2.32. The average molecular weight is 370 g/mol. The van der Waals surface area contributed by atoms with E-state index in [4.69, 9.17) is 14.0 Å². The Morgan fingerprint density at radius 3 is 3.00 bits per heavy atom. The van der Waals surface area contributed by atoms with E-state index in [0.717, 1.165) is 44.5 Å². The Kier molecular flexibility index (Phi) is 4.10. The highest BCUT2D eigenvalue weighted by Gasteiger charge is 2.30. The van der Waals surface area contributed by atoms with Crippen molar-refractivity contribution in [2.24, 2.45) is 5.92 Å². The lowest BCUT2D eigenvalue weighted by atomic mass is 9.95. The number of aromatic nitrogens is 2. The van der Waals surface area contributed by atoms with Crippen molar-refractivity contribution in [3.63, 3.8) is 0 Å². The molecule has 1 atom stereocenters. The van der Waals surface area contributed by atoms with Crippen molar-refractivity contribution in [3.8, 4) is 11.5 Å². The predicted octanol–water partition coefficient (Wildman–Crippen LogP) is 3.16. The zero-order valence-corrected chi connectivity index (χ0v) is 15.0. The lowest BCUT2D eigenvalue weighted by Crippen LogP contribution is -2.42. The Labute approximate surface area is 156 Å². The number of rotatable bonds is 4. The van der Waals surface area contributed by atoms with Gasteiger partial charge in [0.15, 0.2) is 17.3 Å². The molecule has 2 aromatic rings. The normalized spacial score (nSPS) is 21.3. The number of anilines is 1. The summed E-state index contributed by atoms with van der Waals surface area (Å²) in [6.45, 7) is 1.67. The number of amides is 2. The van der Waals surface area contributed by atoms with Crippen LogP contribution in [0, 0.1) is 5.92 Å². The SMILES string of the molecule is O=C(Nc1ccc2c(c1)OCO2)N1CCCC(Cc2nc(C3CC3)no2)C1. The third-order valence-electron chi connectivity index (χ3n) is 5.32. The van der Waals surface area contributed by atoms with Crippen LogP contribution in [0.1, 0.15) is 43.3 Å². The first-order valence-corrected chi connectivity index (χ1v) is 9.52. The zero-order valence-electron chi connectivity index (χ0n) is 15.0. The third-order valence-corrected chi connectivity index (χ3v) is 5.32. The number of fused-ring (bicyclic) bond motifs is 1. The average Bonchev–Trinajstić information content (AvgIpc) is 3.24. The molecular formula is C19H22N4O4. The van der Waals surface area contributed by atoms with Gasteiger partial charge in [0.1, 0.15) is 0 Å². The molecule has 27 heavy (non-hydrogen) atoms. The number of nitrogens with zero attached hydrogens (tertiary/aromatic N) is 3. The van der Waals surface area contributed by atoms with E-state index in [1.54, 1.807) is 6.07 Å². The Balaban J connectivity index is 1.19. The number of likely N-dealkylation sites (tertiary alicyclic amines) is 1. The minimum atomic E-state index is -0.0947. The molecule has 8 heteroatoms. The summed E-state index contributed by atoms with van der Waals surface area (Å²) in [5.74, 6) is 3.74. The summed E-state index contributed by atoms with van der Waals surface area (Å²) in [5.41, 5.74) is 0.706. The zero-order chi connectivity index (χ0) is 18.2. The van der Waals surface area contributed by atoms with Crippen molar-refractivity contribution in [1.82, 2.24) is 15.0 Å². The molecule has 1 saturated heterocycles. The van der Waals surface area contributed by atoms with Crippen molar-refractivity contribution < 1.29 is 18.8 Å². The van der Waals surface area contributed by atoms with E-state index in [1.807, 2.05) is 17.0 Å². The van der Waals surface area contributed by atoms with Gasteiger partial charge in [0.2, 0.25) is 12.7 Å². The Hall–Kier alpha value is -2.77. The molecule has 142 valence electrons. The van der Waals surface area contributed by atoms with Crippen LogP contribution in [0.5, 0.6) is 11.5 Å². The van der Waals surface area contributed by atoms with Gasteiger partial charge in [-0.05, 0) is 43.7 Å². The van der Waals surface area contributed by atoms with E-state index in [9.17, 15) is 4.79 Å². The number of nitrogens with one attached hydrogen (secondary N) is 1. The largest absolute Gasteiger partial charge is 0.454 e. The van der Waals surface area contributed by atoms with E-state index in [-0.39, 0.29) is 12.8 Å². The van der Waals surface area contributed by atoms with Crippen LogP contribution < -0.4 is 14.8 Å². The molecule has 0 bridgehead atoms. The predicted molar refractivity (Wildman–Crippen MR) is 95.9 cm³/mol. The summed E-state index contributed by atoms with van der Waals surface area (Å²) in [7, 11) is 0. The van der Waals surface area contributed by atoms with Crippen molar-refractivity contribution >= 4 is 11.7 Å². The number of carbonyl (C=O) groups excluding carboxylic acids is 1. The van der Waals surface area contributed by atoms with Crippen LogP contribution in [-0.2, 0) is 6.42 Å². The molecule has 1 N–H and O–H groups in total. The second kappa shape index (κ2) is 6.75. The number of ether oxygens (including phenoxy) is 2. The second-order valence-electron chi connectivity index (χ2n) is 7.48. The van der Waals surface area contributed by atoms with Crippen LogP contribution in [0.25, 0.3) is 0 Å². The molecule has 3 aliphatic rings. The van der Waals surface area contributed by atoms with Gasteiger partial charge in [-0.3, -0.25) is 0 Å². The molecule has 2 amide bonds. The van der Waals surface area contributed by atoms with Gasteiger partial charge in [-0.15, -0.1) is 0 Å². The summed E-state index contributed by atoms with van der Waals surface area (Å²) in [4.78, 5) is 19.0. The van der Waals surface area contributed by atoms with Gasteiger partial charge in [-0.1, -0.05) is 5.16 Å². The van der Waals surface area contributed by atoms with E-state index < -0.39 is 0 Å². The Morgan fingerprint density at radius 2 is 2.11 bits per heavy atom. The number of benzene rings is 1. The third kappa shape index (κ3) is 3.56. The highest BCUT2D eigenvalue weighted by Crippen LogP contribution is 2.38. The molecule has 8 nitrogen and oxygen atoms in total. The Morgan fingerprint density at radius 1 is 1.22 bits per heavy atom. The molecule has 2 aliphatic heterocycles. The van der Waals surface area contributed by atoms with Crippen molar-refractivity contribution in [2.75, 3.05) is 25.2 Å². The summed E-state index contributed by atoms with van der Waals surface area (Å²) in [6.07, 6.45) is 5.09. The van der Waals surface area contributed by atoms with Gasteiger partial charge in [0, 0.05) is 37.2 Å². The molecule has 1 unspecified atom stereocenters. The van der Waals surface area contributed by atoms with E-state index in [1.165, 1.54) is 0 Å². The van der Waals surface area contributed by atoms with Gasteiger partial charge in [-0.25, -0.2) is 4.79 Å². The summed E-state index contributed by atoms with van der Waals surface area (Å²) < 4.78 is 16.1. The molecule has 0 radical (unpaired) electrons. The topological polar surface area (TPSA) is 89.7 Å². The minimum Gasteiger partial charge on any atom is -0.454 e. The molecule has 1 saturated carbocycles. The molecule has 2 fully saturated rings. The van der Waals surface area contributed by atoms with Crippen LogP contribution in [-0.4, -0.2) is 41.0 Å². The fraction of sp³-hybridized carbons (Fsp3) is 0.526. The summed E-state index contributed by atoms with van der Waals surface area (Å²) in [6, 6.07) is 5.33. The van der Waals surface area contributed by atoms with Crippen LogP contribution in [0.15, 0.2) is 22.7 Å². The standard InChI is InChI=1S/C19H22N4O4/c24-19(20-14-5-6-15-16(9-14)26-11-25-15)23-7-1-2-12(10-23)8-17-21-18(22-27-17)13-3-4-13/h5-6,9,12-13H,1-4,7-8,10-11H2,(H,20,24). The first kappa shape index (κ1) is 16.4. The number of hydrogen-bond donors (Lipinski definition) is 1. The minimum absolute atomic E-state index is 0.0947. The molecule has 3 heterocycles. The highest BCUT2D eigenvalue weighted by atomic mass is 16.7. The molecule has 1 aromatic heterocycles. The molecular weight excluding hydrogens is 348 g/mol. The monoisotopic (exact) mass is 370 g/mol. The quantitative estimate of drug-likeness (QED) is 0.889. The van der Waals surface area contributed by atoms with Gasteiger partial charge >= 0.3 is 6.03 Å². The van der Waals surface area contributed by atoms with Crippen LogP contribution in [0.3, 0.4) is 0 Å². The maximum Gasteiger partial charge on any atom is 0.321 e. The van der Waals surface area contributed by atoms with Crippen molar-refractivity contribution in [1.29, 1.82) is 0 Å². The van der Waals surface area contributed by atoms with Crippen molar-refractivity contribution in [2.45, 2.75) is 38.0 Å². The number of piperidine rings is 1. The fourth-order valence-electron chi connectivity index (χ4n) is 3.70. The van der Waals surface area contributed by atoms with Crippen molar-refractivity contribution in [3.05, 3.63) is 29.9 Å². The summed E-state index contributed by atoms with van der Waals surface area (Å²) >= 11 is 0. The fourth-order valence-corrected chi connectivity index (χ4v) is 3.70. The maximum atomic E-state index is 12.7. The van der Waals surface area contributed by atoms with E-state index in [0.29, 0.717) is 41.5 Å². The van der Waals surface area contributed by atoms with Gasteiger partial charge in [-0.2, -0.15) is 4.98 Å². The molecule has 1 aromatic carbocycles. The highest BCUT2D eigenvalue weighted by molar-refractivity contribution is 5.89. The number of carbonyl (C=O) groups is 1. The number of hydrogen-bond acceptors (Lipinski definition) is 6. The smallest absolute Gasteiger partial charge is 0.321 e. The van der Waals surface area contributed by atoms with Crippen LogP contribution >= 0.6 is 0 Å². The van der Waals surface area contributed by atoms with Gasteiger partial charge in [0.05, 0.1) is 0 Å². The second-order valence-corrected chi connectivity index (χ2v) is 7.48. The van der Waals surface area contributed by atoms with Crippen LogP contribution in [0.4, 0.5) is 10.5 Å².